The number of nitrogen functional groups attached to an aromatic ring is 1. The third-order valence-electron chi connectivity index (χ3n) is 2.37. The van der Waals surface area contributed by atoms with Crippen LogP contribution in [-0.4, -0.2) is 9.55 Å². The van der Waals surface area contributed by atoms with Gasteiger partial charge in [-0.3, -0.25) is 0 Å². The summed E-state index contributed by atoms with van der Waals surface area (Å²) in [5.74, 6) is 0.586. The van der Waals surface area contributed by atoms with E-state index in [0.717, 1.165) is 22.1 Å². The first-order valence-corrected chi connectivity index (χ1v) is 6.07. The van der Waals surface area contributed by atoms with Gasteiger partial charge in [0, 0.05) is 11.0 Å². The van der Waals surface area contributed by atoms with Crippen LogP contribution in [0.4, 0.5) is 5.95 Å². The van der Waals surface area contributed by atoms with E-state index in [1.165, 1.54) is 0 Å². The highest BCUT2D eigenvalue weighted by Gasteiger charge is 2.16. The second-order valence-corrected chi connectivity index (χ2v) is 6.17. The Hall–Kier alpha value is -1.03. The monoisotopic (exact) mass is 281 g/mol. The van der Waals surface area contributed by atoms with E-state index in [-0.39, 0.29) is 5.41 Å². The molecule has 2 aromatic rings. The summed E-state index contributed by atoms with van der Waals surface area (Å²) >= 11 is 3.44. The first-order chi connectivity index (χ1) is 7.37. The minimum absolute atomic E-state index is 0.189. The Kier molecular flexibility index (Phi) is 2.70. The fourth-order valence-corrected chi connectivity index (χ4v) is 2.11. The van der Waals surface area contributed by atoms with Crippen LogP contribution in [0.2, 0.25) is 0 Å². The number of fused-ring (bicyclic) bond motifs is 1. The number of nitrogens with zero attached hydrogens (tertiary/aromatic N) is 2. The third-order valence-corrected chi connectivity index (χ3v) is 2.87. The molecule has 0 aliphatic rings. The second-order valence-electron chi connectivity index (χ2n) is 5.25. The van der Waals surface area contributed by atoms with Crippen molar-refractivity contribution in [3.63, 3.8) is 0 Å². The number of rotatable bonds is 1. The van der Waals surface area contributed by atoms with Gasteiger partial charge < -0.3 is 10.3 Å². The summed E-state index contributed by atoms with van der Waals surface area (Å²) in [5, 5.41) is 0. The van der Waals surface area contributed by atoms with Crippen molar-refractivity contribution in [1.29, 1.82) is 0 Å². The highest BCUT2D eigenvalue weighted by Crippen LogP contribution is 2.26. The van der Waals surface area contributed by atoms with E-state index in [2.05, 4.69) is 52.3 Å². The number of aromatic nitrogens is 2. The second kappa shape index (κ2) is 3.77. The van der Waals surface area contributed by atoms with Crippen molar-refractivity contribution in [2.45, 2.75) is 27.3 Å². The zero-order valence-corrected chi connectivity index (χ0v) is 11.4. The summed E-state index contributed by atoms with van der Waals surface area (Å²) in [4.78, 5) is 4.37. The van der Waals surface area contributed by atoms with E-state index < -0.39 is 0 Å². The third kappa shape index (κ3) is 2.21. The molecule has 0 fully saturated rings. The maximum Gasteiger partial charge on any atom is 0.201 e. The maximum atomic E-state index is 5.95. The molecule has 4 heteroatoms. The van der Waals surface area contributed by atoms with Crippen molar-refractivity contribution in [2.75, 3.05) is 5.73 Å². The van der Waals surface area contributed by atoms with Gasteiger partial charge in [0.25, 0.3) is 0 Å². The maximum absolute atomic E-state index is 5.95. The predicted octanol–water partition coefficient (Wildman–Crippen LogP) is 3.43. The summed E-state index contributed by atoms with van der Waals surface area (Å²) in [6.45, 7) is 7.45. The molecule has 86 valence electrons. The summed E-state index contributed by atoms with van der Waals surface area (Å²) in [6, 6.07) is 6.06. The van der Waals surface area contributed by atoms with Crippen LogP contribution in [0.25, 0.3) is 11.0 Å². The van der Waals surface area contributed by atoms with E-state index in [0.29, 0.717) is 5.95 Å². The highest BCUT2D eigenvalue weighted by molar-refractivity contribution is 9.10. The lowest BCUT2D eigenvalue weighted by atomic mass is 9.97. The van der Waals surface area contributed by atoms with Crippen molar-refractivity contribution in [3.05, 3.63) is 22.7 Å². The van der Waals surface area contributed by atoms with Crippen molar-refractivity contribution in [2.24, 2.45) is 5.41 Å². The number of anilines is 1. The Morgan fingerprint density at radius 2 is 2.06 bits per heavy atom. The topological polar surface area (TPSA) is 43.8 Å². The number of hydrogen-bond acceptors (Lipinski definition) is 2. The molecule has 1 heterocycles. The first-order valence-electron chi connectivity index (χ1n) is 5.28. The van der Waals surface area contributed by atoms with Gasteiger partial charge in [-0.2, -0.15) is 0 Å². The molecule has 0 unspecified atom stereocenters. The Labute approximate surface area is 104 Å². The number of halogens is 1. The number of benzene rings is 1. The van der Waals surface area contributed by atoms with E-state index in [1.54, 1.807) is 0 Å². The number of hydrogen-bond donors (Lipinski definition) is 1. The van der Waals surface area contributed by atoms with Crippen LogP contribution in [0.3, 0.4) is 0 Å². The van der Waals surface area contributed by atoms with Crippen LogP contribution in [0.15, 0.2) is 22.7 Å². The average molecular weight is 282 g/mol. The predicted molar refractivity (Wildman–Crippen MR) is 71.3 cm³/mol. The quantitative estimate of drug-likeness (QED) is 0.870. The van der Waals surface area contributed by atoms with Gasteiger partial charge in [-0.25, -0.2) is 4.98 Å². The molecule has 0 radical (unpaired) electrons. The van der Waals surface area contributed by atoms with Crippen LogP contribution in [-0.2, 0) is 6.54 Å². The molecule has 0 bridgehead atoms. The molecule has 2 N–H and O–H groups in total. The van der Waals surface area contributed by atoms with Crippen molar-refractivity contribution < 1.29 is 0 Å². The van der Waals surface area contributed by atoms with E-state index in [4.69, 9.17) is 5.73 Å². The number of imidazole rings is 1. The van der Waals surface area contributed by atoms with E-state index in [9.17, 15) is 0 Å². The fourth-order valence-electron chi connectivity index (χ4n) is 1.76. The van der Waals surface area contributed by atoms with Gasteiger partial charge in [0.05, 0.1) is 11.0 Å². The molecule has 2 rings (SSSR count). The molecule has 1 aromatic heterocycles. The standard InChI is InChI=1S/C12H16BrN3/c1-12(2,3)7-16-10-5-4-8(13)6-9(10)15-11(16)14/h4-6H,7H2,1-3H3,(H2,14,15). The Balaban J connectivity index is 2.56. The molecule has 3 nitrogen and oxygen atoms in total. The van der Waals surface area contributed by atoms with Gasteiger partial charge in [0.2, 0.25) is 5.95 Å². The van der Waals surface area contributed by atoms with Crippen molar-refractivity contribution >= 4 is 32.9 Å². The lowest BCUT2D eigenvalue weighted by molar-refractivity contribution is 0.351. The largest absolute Gasteiger partial charge is 0.369 e. The van der Waals surface area contributed by atoms with Crippen LogP contribution < -0.4 is 5.73 Å². The van der Waals surface area contributed by atoms with Crippen molar-refractivity contribution in [1.82, 2.24) is 9.55 Å². The summed E-state index contributed by atoms with van der Waals surface area (Å²) in [5.41, 5.74) is 8.17. The fraction of sp³-hybridized carbons (Fsp3) is 0.417. The molecule has 16 heavy (non-hydrogen) atoms. The van der Waals surface area contributed by atoms with Crippen LogP contribution >= 0.6 is 15.9 Å². The molecule has 0 amide bonds. The molecule has 1 aromatic carbocycles. The lowest BCUT2D eigenvalue weighted by Crippen LogP contribution is -2.16. The molecule has 0 saturated heterocycles. The van der Waals surface area contributed by atoms with Crippen molar-refractivity contribution in [3.8, 4) is 0 Å². The summed E-state index contributed by atoms with van der Waals surface area (Å²) in [7, 11) is 0. The minimum atomic E-state index is 0.189. The zero-order valence-electron chi connectivity index (χ0n) is 9.79. The molecule has 0 atom stereocenters. The van der Waals surface area contributed by atoms with Crippen LogP contribution in [0.1, 0.15) is 20.8 Å². The van der Waals surface area contributed by atoms with Crippen LogP contribution in [0, 0.1) is 5.41 Å². The minimum Gasteiger partial charge on any atom is -0.369 e. The van der Waals surface area contributed by atoms with Gasteiger partial charge in [-0.15, -0.1) is 0 Å². The molecule has 0 saturated carbocycles. The molecular formula is C12H16BrN3. The van der Waals surface area contributed by atoms with Gasteiger partial charge in [-0.05, 0) is 23.6 Å². The van der Waals surface area contributed by atoms with Gasteiger partial charge in [-0.1, -0.05) is 36.7 Å². The van der Waals surface area contributed by atoms with E-state index in [1.807, 2.05) is 12.1 Å². The smallest absolute Gasteiger partial charge is 0.201 e. The number of nitrogens with two attached hydrogens (primary N) is 1. The average Bonchev–Trinajstić information content (AvgIpc) is 2.40. The zero-order chi connectivity index (χ0) is 11.9. The molecule has 0 spiro atoms. The van der Waals surface area contributed by atoms with Gasteiger partial charge >= 0.3 is 0 Å². The Morgan fingerprint density at radius 1 is 1.38 bits per heavy atom. The lowest BCUT2D eigenvalue weighted by Gasteiger charge is -2.20. The summed E-state index contributed by atoms with van der Waals surface area (Å²) in [6.07, 6.45) is 0. The first kappa shape index (κ1) is 11.5. The molecular weight excluding hydrogens is 266 g/mol. The highest BCUT2D eigenvalue weighted by atomic mass is 79.9. The Morgan fingerprint density at radius 3 is 2.69 bits per heavy atom. The molecule has 0 aliphatic heterocycles. The van der Waals surface area contributed by atoms with Crippen LogP contribution in [0.5, 0.6) is 0 Å². The molecule has 0 aliphatic carbocycles. The van der Waals surface area contributed by atoms with Gasteiger partial charge in [0.1, 0.15) is 0 Å². The summed E-state index contributed by atoms with van der Waals surface area (Å²) < 4.78 is 3.10. The van der Waals surface area contributed by atoms with Gasteiger partial charge in [0.15, 0.2) is 0 Å². The van der Waals surface area contributed by atoms with E-state index >= 15 is 0 Å². The normalized spacial score (nSPS) is 12.2. The Bertz CT molecular complexity index is 523. The SMILES string of the molecule is CC(C)(C)Cn1c(N)nc2cc(Br)ccc21.